The molecule has 0 aromatic heterocycles. The molecule has 0 saturated carbocycles. The summed E-state index contributed by atoms with van der Waals surface area (Å²) in [5, 5.41) is 11.3. The van der Waals surface area contributed by atoms with Crippen LogP contribution < -0.4 is 10.9 Å². The first-order valence-corrected chi connectivity index (χ1v) is 14.4. The average molecular weight is 553 g/mol. The predicted octanol–water partition coefficient (Wildman–Crippen LogP) is 5.99. The summed E-state index contributed by atoms with van der Waals surface area (Å²) in [6, 6.07) is 25.7. The summed E-state index contributed by atoms with van der Waals surface area (Å²) in [4.78, 5) is 33.1. The smallest absolute Gasteiger partial charge is 0.328 e. The molecular weight excluding hydrogens is 512 g/mol. The molecule has 3 aromatic carbocycles. The Morgan fingerprint density at radius 2 is 1.68 bits per heavy atom. The van der Waals surface area contributed by atoms with Gasteiger partial charge in [-0.15, -0.1) is 6.58 Å². The molecule has 1 amide bonds. The van der Waals surface area contributed by atoms with Gasteiger partial charge in [-0.25, -0.2) is 15.6 Å². The number of hydrazine groups is 1. The largest absolute Gasteiger partial charge is 0.480 e. The van der Waals surface area contributed by atoms with Crippen molar-refractivity contribution in [2.75, 3.05) is 11.6 Å². The number of carbonyl (C=O) groups excluding carboxylic acids is 1. The maximum atomic E-state index is 13.8. The number of carboxylic acids is 1. The van der Waals surface area contributed by atoms with Gasteiger partial charge in [-0.2, -0.15) is 0 Å². The van der Waals surface area contributed by atoms with Gasteiger partial charge >= 0.3 is 5.97 Å². The second-order valence-electron chi connectivity index (χ2n) is 10.5. The van der Waals surface area contributed by atoms with Crippen molar-refractivity contribution in [2.24, 2.45) is 10.8 Å². The second kappa shape index (κ2) is 15.1. The standard InChI is InChI=1S/C34H40N4O3/c1-2-3-4-5-12-21-29(34(40)41)36-32(27-18-10-7-11-19-27)28-20-13-14-22-30(28)38(35)33(39)31-23-15-24-37(31)25-26-16-8-6-9-17-26/h2,6-11,13-14,16-20,22,29,31H,1,3-5,12,15,21,23-25,35H2,(H,40,41)/t29-,31?/m0/s1. The van der Waals surface area contributed by atoms with E-state index < -0.39 is 12.0 Å². The highest BCUT2D eigenvalue weighted by Crippen LogP contribution is 2.27. The molecule has 0 radical (unpaired) electrons. The van der Waals surface area contributed by atoms with Gasteiger partial charge in [0.1, 0.15) is 6.04 Å². The van der Waals surface area contributed by atoms with Crippen LogP contribution >= 0.6 is 0 Å². The van der Waals surface area contributed by atoms with Crippen LogP contribution in [0.1, 0.15) is 61.6 Å². The lowest BCUT2D eigenvalue weighted by atomic mass is 9.98. The van der Waals surface area contributed by atoms with Gasteiger partial charge in [0.15, 0.2) is 0 Å². The molecule has 7 heteroatoms. The first-order chi connectivity index (χ1) is 20.0. The minimum absolute atomic E-state index is 0.185. The number of hydrogen-bond acceptors (Lipinski definition) is 5. The van der Waals surface area contributed by atoms with Crippen LogP contribution in [0.25, 0.3) is 0 Å². The molecule has 3 N–H and O–H groups in total. The normalized spacial score (nSPS) is 16.3. The van der Waals surface area contributed by atoms with E-state index in [1.54, 1.807) is 6.07 Å². The van der Waals surface area contributed by atoms with Crippen molar-refractivity contribution >= 4 is 23.3 Å². The Morgan fingerprint density at radius 1 is 1.00 bits per heavy atom. The summed E-state index contributed by atoms with van der Waals surface area (Å²) in [5.41, 5.74) is 3.56. The van der Waals surface area contributed by atoms with Crippen LogP contribution in [0.4, 0.5) is 5.69 Å². The van der Waals surface area contributed by atoms with Crippen molar-refractivity contribution in [1.29, 1.82) is 0 Å². The van der Waals surface area contributed by atoms with Gasteiger partial charge in [0.25, 0.3) is 5.91 Å². The number of aliphatic carboxylic acids is 1. The maximum Gasteiger partial charge on any atom is 0.328 e. The highest BCUT2D eigenvalue weighted by Gasteiger charge is 2.34. The number of likely N-dealkylation sites (tertiary alicyclic amines) is 1. The third-order valence-electron chi connectivity index (χ3n) is 7.54. The summed E-state index contributed by atoms with van der Waals surface area (Å²) >= 11 is 0. The first-order valence-electron chi connectivity index (χ1n) is 14.4. The number of allylic oxidation sites excluding steroid dienone is 1. The molecule has 0 spiro atoms. The Kier molecular flexibility index (Phi) is 11.0. The van der Waals surface area contributed by atoms with Crippen LogP contribution in [0.15, 0.2) is 103 Å². The number of anilines is 1. The molecule has 41 heavy (non-hydrogen) atoms. The molecule has 3 aromatic rings. The first kappa shape index (κ1) is 29.9. The molecule has 7 nitrogen and oxygen atoms in total. The van der Waals surface area contributed by atoms with Crippen molar-refractivity contribution in [1.82, 2.24) is 4.90 Å². The van der Waals surface area contributed by atoms with Crippen LogP contribution in [0, 0.1) is 0 Å². The fourth-order valence-corrected chi connectivity index (χ4v) is 5.37. The lowest BCUT2D eigenvalue weighted by molar-refractivity contribution is -0.138. The lowest BCUT2D eigenvalue weighted by Crippen LogP contribution is -2.49. The maximum absolute atomic E-state index is 13.8. The van der Waals surface area contributed by atoms with Crippen molar-refractivity contribution in [3.63, 3.8) is 0 Å². The summed E-state index contributed by atoms with van der Waals surface area (Å²) < 4.78 is 0. The lowest BCUT2D eigenvalue weighted by Gasteiger charge is -2.29. The molecule has 2 atom stereocenters. The fourth-order valence-electron chi connectivity index (χ4n) is 5.37. The summed E-state index contributed by atoms with van der Waals surface area (Å²) in [5.74, 6) is 5.43. The molecule has 4 rings (SSSR count). The Hall–Kier alpha value is -4.07. The molecule has 1 fully saturated rings. The van der Waals surface area contributed by atoms with Gasteiger partial charge in [0, 0.05) is 17.7 Å². The number of benzene rings is 3. The molecule has 1 aliphatic rings. The van der Waals surface area contributed by atoms with E-state index in [1.165, 1.54) is 5.01 Å². The topological polar surface area (TPSA) is 99.2 Å². The van der Waals surface area contributed by atoms with Gasteiger partial charge in [0.05, 0.1) is 17.4 Å². The number of carbonyl (C=O) groups is 2. The minimum atomic E-state index is -0.970. The van der Waals surface area contributed by atoms with E-state index in [9.17, 15) is 14.7 Å². The molecule has 0 aliphatic carbocycles. The molecule has 214 valence electrons. The van der Waals surface area contributed by atoms with Crippen molar-refractivity contribution in [3.8, 4) is 0 Å². The van der Waals surface area contributed by atoms with E-state index in [0.29, 0.717) is 29.9 Å². The zero-order valence-electron chi connectivity index (χ0n) is 23.6. The monoisotopic (exact) mass is 552 g/mol. The van der Waals surface area contributed by atoms with Crippen LogP contribution in [0.3, 0.4) is 0 Å². The summed E-state index contributed by atoms with van der Waals surface area (Å²) in [6.07, 6.45) is 7.49. The van der Waals surface area contributed by atoms with Gasteiger partial charge in [-0.05, 0) is 50.3 Å². The summed E-state index contributed by atoms with van der Waals surface area (Å²) in [7, 11) is 0. The van der Waals surface area contributed by atoms with Crippen molar-refractivity contribution < 1.29 is 14.7 Å². The number of hydrogen-bond donors (Lipinski definition) is 2. The van der Waals surface area contributed by atoms with Gasteiger partial charge in [0.2, 0.25) is 0 Å². The van der Waals surface area contributed by atoms with Crippen LogP contribution in [-0.2, 0) is 16.1 Å². The molecule has 1 aliphatic heterocycles. The number of para-hydroxylation sites is 1. The number of carboxylic acid groups (broad SMARTS) is 1. The molecule has 1 unspecified atom stereocenters. The number of nitrogens with two attached hydrogens (primary N) is 1. The van der Waals surface area contributed by atoms with Crippen molar-refractivity contribution in [3.05, 3.63) is 114 Å². The predicted molar refractivity (Wildman–Crippen MR) is 165 cm³/mol. The third kappa shape index (κ3) is 7.99. The van der Waals surface area contributed by atoms with Crippen molar-refractivity contribution in [2.45, 2.75) is 63.6 Å². The quantitative estimate of drug-likeness (QED) is 0.0640. The van der Waals surface area contributed by atoms with Crippen LogP contribution in [0.5, 0.6) is 0 Å². The van der Waals surface area contributed by atoms with E-state index in [2.05, 4.69) is 23.6 Å². The zero-order valence-corrected chi connectivity index (χ0v) is 23.6. The molecule has 1 saturated heterocycles. The third-order valence-corrected chi connectivity index (χ3v) is 7.54. The Labute approximate surface area is 243 Å². The zero-order chi connectivity index (χ0) is 29.0. The average Bonchev–Trinajstić information content (AvgIpc) is 3.46. The second-order valence-corrected chi connectivity index (χ2v) is 10.5. The Morgan fingerprint density at radius 3 is 2.39 bits per heavy atom. The van der Waals surface area contributed by atoms with Gasteiger partial charge < -0.3 is 5.11 Å². The highest BCUT2D eigenvalue weighted by atomic mass is 16.4. The Balaban J connectivity index is 1.64. The van der Waals surface area contributed by atoms with E-state index in [1.807, 2.05) is 72.8 Å². The van der Waals surface area contributed by atoms with E-state index in [-0.39, 0.29) is 11.9 Å². The number of amides is 1. The number of rotatable bonds is 14. The minimum Gasteiger partial charge on any atom is -0.480 e. The number of aliphatic imine (C=N–C) groups is 1. The van der Waals surface area contributed by atoms with E-state index in [0.717, 1.165) is 56.2 Å². The van der Waals surface area contributed by atoms with Crippen LogP contribution in [0.2, 0.25) is 0 Å². The SMILES string of the molecule is C=CCCCCC[C@H](N=C(c1ccccc1)c1ccccc1N(N)C(=O)C1CCCN1Cc1ccccc1)C(=O)O. The fraction of sp³-hybridized carbons (Fsp3) is 0.324. The van der Waals surface area contributed by atoms with E-state index in [4.69, 9.17) is 10.8 Å². The van der Waals surface area contributed by atoms with Crippen LogP contribution in [-0.4, -0.2) is 46.2 Å². The summed E-state index contributed by atoms with van der Waals surface area (Å²) in [6.45, 7) is 5.26. The molecule has 0 bridgehead atoms. The number of unbranched alkanes of at least 4 members (excludes halogenated alkanes) is 3. The highest BCUT2D eigenvalue weighted by molar-refractivity contribution is 6.18. The van der Waals surface area contributed by atoms with E-state index >= 15 is 0 Å². The Bertz CT molecular complexity index is 1330. The van der Waals surface area contributed by atoms with Gasteiger partial charge in [-0.3, -0.25) is 14.7 Å². The van der Waals surface area contributed by atoms with Gasteiger partial charge in [-0.1, -0.05) is 97.8 Å². The number of nitrogens with zero attached hydrogens (tertiary/aromatic N) is 3. The molecular formula is C34H40N4O3. The molecule has 1 heterocycles.